The molecule has 1 N–H and O–H groups in total. The molecule has 0 atom stereocenters. The lowest BCUT2D eigenvalue weighted by Crippen LogP contribution is -2.39. The maximum atomic E-state index is 13.9. The van der Waals surface area contributed by atoms with Crippen LogP contribution in [0.3, 0.4) is 0 Å². The molecule has 0 saturated heterocycles. The summed E-state index contributed by atoms with van der Waals surface area (Å²) in [6, 6.07) is 11.7. The minimum Gasteiger partial charge on any atom is -0.331 e. The van der Waals surface area contributed by atoms with Gasteiger partial charge >= 0.3 is 0 Å². The second-order valence-corrected chi connectivity index (χ2v) is 8.51. The summed E-state index contributed by atoms with van der Waals surface area (Å²) >= 11 is 0. The number of carbonyl (C=O) groups excluding carboxylic acids is 1. The summed E-state index contributed by atoms with van der Waals surface area (Å²) in [6.07, 6.45) is 0. The number of amides is 1. The molecule has 1 aromatic heterocycles. The summed E-state index contributed by atoms with van der Waals surface area (Å²) in [4.78, 5) is 13.4. The predicted octanol–water partition coefficient (Wildman–Crippen LogP) is 1.58. The van der Waals surface area contributed by atoms with Crippen molar-refractivity contribution in [2.24, 2.45) is 0 Å². The van der Waals surface area contributed by atoms with Crippen molar-refractivity contribution in [2.45, 2.75) is 31.1 Å². The smallest absolute Gasteiger partial charge is 0.245 e. The van der Waals surface area contributed by atoms with E-state index in [9.17, 15) is 22.0 Å². The molecule has 0 fully saturated rings. The van der Waals surface area contributed by atoms with Crippen molar-refractivity contribution in [3.05, 3.63) is 77.1 Å². The van der Waals surface area contributed by atoms with Crippen LogP contribution in [0.4, 0.5) is 8.78 Å². The van der Waals surface area contributed by atoms with Crippen LogP contribution >= 0.6 is 0 Å². The first-order valence-electron chi connectivity index (χ1n) is 9.01. The summed E-state index contributed by atoms with van der Waals surface area (Å²) < 4.78 is 55.4. The first kappa shape index (κ1) is 20.1. The normalized spacial score (nSPS) is 14.1. The van der Waals surface area contributed by atoms with E-state index in [4.69, 9.17) is 0 Å². The van der Waals surface area contributed by atoms with E-state index in [-0.39, 0.29) is 25.5 Å². The van der Waals surface area contributed by atoms with Crippen LogP contribution in [0.25, 0.3) is 0 Å². The monoisotopic (exact) mass is 433 g/mol. The van der Waals surface area contributed by atoms with E-state index in [1.807, 2.05) is 30.3 Å². The summed E-state index contributed by atoms with van der Waals surface area (Å²) in [7, 11) is -4.23. The number of benzene rings is 2. The molecular formula is C19H17F2N5O3S. The van der Waals surface area contributed by atoms with Gasteiger partial charge in [0.1, 0.15) is 28.8 Å². The Bertz CT molecular complexity index is 1200. The highest BCUT2D eigenvalue weighted by Crippen LogP contribution is 2.20. The number of sulfonamides is 1. The average molecular weight is 433 g/mol. The van der Waals surface area contributed by atoms with Gasteiger partial charge in [-0.3, -0.25) is 4.79 Å². The van der Waals surface area contributed by atoms with Crippen molar-refractivity contribution in [1.29, 1.82) is 0 Å². The SMILES string of the molecule is O=C1Cn2nnc(CNS(=O)(=O)c3ccc(F)cc3F)c2CN1Cc1ccccc1. The van der Waals surface area contributed by atoms with Gasteiger partial charge in [0.05, 0.1) is 18.8 Å². The van der Waals surface area contributed by atoms with Crippen molar-refractivity contribution in [3.8, 4) is 0 Å². The van der Waals surface area contributed by atoms with Gasteiger partial charge in [0.15, 0.2) is 0 Å². The summed E-state index contributed by atoms with van der Waals surface area (Å²) in [6.45, 7) is 0.357. The van der Waals surface area contributed by atoms with Crippen LogP contribution in [-0.2, 0) is 41.0 Å². The van der Waals surface area contributed by atoms with Crippen LogP contribution in [-0.4, -0.2) is 34.2 Å². The van der Waals surface area contributed by atoms with Crippen LogP contribution in [0.1, 0.15) is 17.0 Å². The zero-order valence-electron chi connectivity index (χ0n) is 15.6. The average Bonchev–Trinajstić information content (AvgIpc) is 3.09. The number of carbonyl (C=O) groups is 1. The molecular weight excluding hydrogens is 416 g/mol. The first-order valence-corrected chi connectivity index (χ1v) is 10.5. The largest absolute Gasteiger partial charge is 0.331 e. The molecule has 2 aromatic carbocycles. The van der Waals surface area contributed by atoms with Gasteiger partial charge in [-0.05, 0) is 17.7 Å². The fourth-order valence-electron chi connectivity index (χ4n) is 3.19. The molecule has 0 aliphatic carbocycles. The Labute approximate surface area is 171 Å². The van der Waals surface area contributed by atoms with E-state index in [2.05, 4.69) is 15.0 Å². The molecule has 156 valence electrons. The Morgan fingerprint density at radius 1 is 1.07 bits per heavy atom. The van der Waals surface area contributed by atoms with Crippen LogP contribution in [0.15, 0.2) is 53.4 Å². The summed E-state index contributed by atoms with van der Waals surface area (Å²) in [5.41, 5.74) is 1.88. The molecule has 0 unspecified atom stereocenters. The van der Waals surface area contributed by atoms with E-state index in [1.165, 1.54) is 4.68 Å². The Kier molecular flexibility index (Phi) is 5.31. The number of fused-ring (bicyclic) bond motifs is 1. The lowest BCUT2D eigenvalue weighted by atomic mass is 10.2. The highest BCUT2D eigenvalue weighted by Gasteiger charge is 2.28. The van der Waals surface area contributed by atoms with Crippen molar-refractivity contribution >= 4 is 15.9 Å². The third-order valence-corrected chi connectivity index (χ3v) is 6.16. The maximum Gasteiger partial charge on any atom is 0.245 e. The zero-order chi connectivity index (χ0) is 21.3. The Hall–Kier alpha value is -3.18. The fourth-order valence-corrected chi connectivity index (χ4v) is 4.23. The van der Waals surface area contributed by atoms with Gasteiger partial charge in [0.2, 0.25) is 15.9 Å². The summed E-state index contributed by atoms with van der Waals surface area (Å²) in [5, 5.41) is 7.87. The molecule has 1 aliphatic rings. The fraction of sp³-hybridized carbons (Fsp3) is 0.211. The molecule has 2 heterocycles. The highest BCUT2D eigenvalue weighted by molar-refractivity contribution is 7.89. The van der Waals surface area contributed by atoms with Gasteiger partial charge in [0.25, 0.3) is 0 Å². The lowest BCUT2D eigenvalue weighted by Gasteiger charge is -2.27. The number of aromatic nitrogens is 3. The number of nitrogens with zero attached hydrogens (tertiary/aromatic N) is 4. The van der Waals surface area contributed by atoms with Gasteiger partial charge in [0, 0.05) is 12.6 Å². The molecule has 0 bridgehead atoms. The molecule has 0 saturated carbocycles. The van der Waals surface area contributed by atoms with Crippen LogP contribution in [0, 0.1) is 11.6 Å². The van der Waals surface area contributed by atoms with E-state index in [0.717, 1.165) is 17.7 Å². The topological polar surface area (TPSA) is 97.2 Å². The molecule has 1 amide bonds. The van der Waals surface area contributed by atoms with E-state index in [1.54, 1.807) is 4.90 Å². The van der Waals surface area contributed by atoms with Crippen molar-refractivity contribution in [1.82, 2.24) is 24.6 Å². The number of nitrogens with one attached hydrogen (secondary N) is 1. The number of hydrogen-bond donors (Lipinski definition) is 1. The van der Waals surface area contributed by atoms with Gasteiger partial charge < -0.3 is 4.90 Å². The van der Waals surface area contributed by atoms with Gasteiger partial charge in [-0.1, -0.05) is 35.5 Å². The third kappa shape index (κ3) is 4.07. The number of hydrogen-bond acceptors (Lipinski definition) is 5. The Balaban J connectivity index is 1.51. The number of halogens is 2. The van der Waals surface area contributed by atoms with Crippen LogP contribution in [0.5, 0.6) is 0 Å². The highest BCUT2D eigenvalue weighted by atomic mass is 32.2. The Morgan fingerprint density at radius 3 is 2.57 bits per heavy atom. The minimum atomic E-state index is -4.23. The van der Waals surface area contributed by atoms with Gasteiger partial charge in [-0.2, -0.15) is 0 Å². The molecule has 1 aliphatic heterocycles. The standard InChI is InChI=1S/C19H17F2N5O3S/c20-14-6-7-18(15(21)8-14)30(28,29)22-9-16-17-11-25(10-13-4-2-1-3-5-13)19(27)12-26(17)24-23-16/h1-8,22H,9-12H2. The number of rotatable bonds is 6. The second kappa shape index (κ2) is 7.92. The van der Waals surface area contributed by atoms with Gasteiger partial charge in [-0.25, -0.2) is 26.6 Å². The predicted molar refractivity (Wildman–Crippen MR) is 101 cm³/mol. The maximum absolute atomic E-state index is 13.9. The first-order chi connectivity index (χ1) is 14.3. The quantitative estimate of drug-likeness (QED) is 0.637. The molecule has 30 heavy (non-hydrogen) atoms. The second-order valence-electron chi connectivity index (χ2n) is 6.78. The summed E-state index contributed by atoms with van der Waals surface area (Å²) in [5.74, 6) is -2.19. The van der Waals surface area contributed by atoms with Crippen LogP contribution < -0.4 is 4.72 Å². The van der Waals surface area contributed by atoms with Gasteiger partial charge in [-0.15, -0.1) is 5.10 Å². The zero-order valence-corrected chi connectivity index (χ0v) is 16.4. The molecule has 3 aromatic rings. The molecule has 11 heteroatoms. The van der Waals surface area contributed by atoms with Crippen LogP contribution in [0.2, 0.25) is 0 Å². The van der Waals surface area contributed by atoms with Crippen molar-refractivity contribution in [2.75, 3.05) is 0 Å². The lowest BCUT2D eigenvalue weighted by molar-refractivity contribution is -0.135. The minimum absolute atomic E-state index is 0.00545. The van der Waals surface area contributed by atoms with Crippen molar-refractivity contribution < 1.29 is 22.0 Å². The molecule has 0 radical (unpaired) electrons. The molecule has 0 spiro atoms. The Morgan fingerprint density at radius 2 is 1.83 bits per heavy atom. The van der Waals surface area contributed by atoms with E-state index in [0.29, 0.717) is 24.0 Å². The van der Waals surface area contributed by atoms with E-state index < -0.39 is 26.6 Å². The molecule has 8 nitrogen and oxygen atoms in total. The van der Waals surface area contributed by atoms with E-state index >= 15 is 0 Å². The third-order valence-electron chi connectivity index (χ3n) is 4.73. The van der Waals surface area contributed by atoms with Crippen molar-refractivity contribution in [3.63, 3.8) is 0 Å². The molecule has 4 rings (SSSR count).